The fourth-order valence-electron chi connectivity index (χ4n) is 5.66. The van der Waals surface area contributed by atoms with E-state index in [-0.39, 0.29) is 26.4 Å². The van der Waals surface area contributed by atoms with Crippen LogP contribution in [0.1, 0.15) is 45.1 Å². The largest absolute Gasteiger partial charge is 0.391 e. The van der Waals surface area contributed by atoms with E-state index < -0.39 is 0 Å². The van der Waals surface area contributed by atoms with Crippen LogP contribution in [0.25, 0.3) is 0 Å². The molecule has 0 bridgehead atoms. The molecule has 10 heteroatoms. The van der Waals surface area contributed by atoms with Gasteiger partial charge in [-0.15, -0.1) is 0 Å². The summed E-state index contributed by atoms with van der Waals surface area (Å²) in [4.78, 5) is 2.29. The lowest BCUT2D eigenvalue weighted by Crippen LogP contribution is -2.54. The van der Waals surface area contributed by atoms with Crippen molar-refractivity contribution in [1.82, 2.24) is 0 Å². The van der Waals surface area contributed by atoms with Gasteiger partial charge in [-0.05, 0) is 37.5 Å². The van der Waals surface area contributed by atoms with Gasteiger partial charge in [-0.3, -0.25) is 0 Å². The molecule has 0 spiro atoms. The van der Waals surface area contributed by atoms with Crippen molar-refractivity contribution in [3.63, 3.8) is 0 Å². The van der Waals surface area contributed by atoms with E-state index in [1.54, 1.807) is 0 Å². The van der Waals surface area contributed by atoms with Crippen molar-refractivity contribution in [2.24, 2.45) is 0 Å². The maximum absolute atomic E-state index is 9.63. The molecule has 0 saturated heterocycles. The minimum absolute atomic E-state index is 0.113. The van der Waals surface area contributed by atoms with E-state index in [1.807, 2.05) is 0 Å². The molecule has 0 aliphatic rings. The molecule has 0 atom stereocenters. The lowest BCUT2D eigenvalue weighted by atomic mass is 10.2. The second kappa shape index (κ2) is 24.9. The summed E-state index contributed by atoms with van der Waals surface area (Å²) in [7, 11) is 0. The van der Waals surface area contributed by atoms with E-state index in [0.717, 1.165) is 70.6 Å². The lowest BCUT2D eigenvalue weighted by Gasteiger charge is -2.38. The quantitative estimate of drug-likeness (QED) is 0.0769. The Morgan fingerprint density at radius 1 is 0.581 bits per heavy atom. The molecule has 0 radical (unpaired) electrons. The molecule has 0 heterocycles. The fraction of sp³-hybridized carbons (Fsp3) is 0.818. The van der Waals surface area contributed by atoms with Crippen LogP contribution >= 0.6 is 0 Å². The highest BCUT2D eigenvalue weighted by Gasteiger charge is 2.26. The summed E-state index contributed by atoms with van der Waals surface area (Å²) in [5.74, 6) is 0. The molecule has 10 nitrogen and oxygen atoms in total. The van der Waals surface area contributed by atoms with Gasteiger partial charge in [-0.25, -0.2) is 0 Å². The van der Waals surface area contributed by atoms with Crippen molar-refractivity contribution in [2.45, 2.75) is 46.5 Å². The summed E-state index contributed by atoms with van der Waals surface area (Å²) in [6, 6.07) is 8.47. The molecule has 0 aliphatic heterocycles. The van der Waals surface area contributed by atoms with E-state index >= 15 is 0 Å². The molecule has 1 rings (SSSR count). The molecule has 43 heavy (non-hydrogen) atoms. The van der Waals surface area contributed by atoms with Crippen molar-refractivity contribution >= 4 is 5.69 Å². The standard InChI is InChI=1S/C33H65N3O7/c1-4-6-13-35(15-21-37,16-22-38)19-27-41-25-11-34(33-10-8-9-32(3)31-33)12-26-42-29-30-43-28-20-36(17-23-39,18-24-40)14-7-5-2/h8-10,31,37-40H,4-7,11-30H2,1-3H3/q+2. The van der Waals surface area contributed by atoms with Crippen LogP contribution < -0.4 is 4.90 Å². The maximum Gasteiger partial charge on any atom is 0.103 e. The topological polar surface area (TPSA) is 112 Å². The average Bonchev–Trinajstić information content (AvgIpc) is 2.99. The Morgan fingerprint density at radius 3 is 1.44 bits per heavy atom. The van der Waals surface area contributed by atoms with Gasteiger partial charge in [0.25, 0.3) is 0 Å². The van der Waals surface area contributed by atoms with Crippen molar-refractivity contribution in [3.05, 3.63) is 29.8 Å². The summed E-state index contributed by atoms with van der Waals surface area (Å²) < 4.78 is 19.3. The van der Waals surface area contributed by atoms with Gasteiger partial charge < -0.3 is 48.5 Å². The van der Waals surface area contributed by atoms with Crippen molar-refractivity contribution in [2.75, 3.05) is 136 Å². The third-order valence-corrected chi connectivity index (χ3v) is 8.44. The van der Waals surface area contributed by atoms with Gasteiger partial charge in [0.1, 0.15) is 39.3 Å². The number of aliphatic hydroxyl groups is 4. The SMILES string of the molecule is CCCC[N+](CCO)(CCO)CCOCCOCCN(CCOCC[N+](CCO)(CCO)CCCC)c1cccc(C)c1. The van der Waals surface area contributed by atoms with Crippen LogP contribution in [-0.2, 0) is 14.2 Å². The van der Waals surface area contributed by atoms with Gasteiger partial charge in [-0.1, -0.05) is 38.8 Å². The number of hydrogen-bond acceptors (Lipinski definition) is 8. The van der Waals surface area contributed by atoms with Crippen molar-refractivity contribution < 1.29 is 43.6 Å². The van der Waals surface area contributed by atoms with E-state index in [9.17, 15) is 20.4 Å². The predicted molar refractivity (Wildman–Crippen MR) is 173 cm³/mol. The second-order valence-electron chi connectivity index (χ2n) is 11.7. The second-order valence-corrected chi connectivity index (χ2v) is 11.7. The molecule has 0 aromatic heterocycles. The van der Waals surface area contributed by atoms with E-state index in [4.69, 9.17) is 14.2 Å². The monoisotopic (exact) mass is 615 g/mol. The fourth-order valence-corrected chi connectivity index (χ4v) is 5.66. The molecule has 1 aromatic carbocycles. The molecule has 0 amide bonds. The van der Waals surface area contributed by atoms with Crippen LogP contribution in [0.3, 0.4) is 0 Å². The van der Waals surface area contributed by atoms with Gasteiger partial charge >= 0.3 is 0 Å². The smallest absolute Gasteiger partial charge is 0.103 e. The van der Waals surface area contributed by atoms with Crippen LogP contribution in [0.4, 0.5) is 5.69 Å². The minimum atomic E-state index is 0.113. The molecule has 4 N–H and O–H groups in total. The number of nitrogens with zero attached hydrogens (tertiary/aromatic N) is 3. The van der Waals surface area contributed by atoms with Crippen LogP contribution in [0.15, 0.2) is 24.3 Å². The predicted octanol–water partition coefficient (Wildman–Crippen LogP) is 2.05. The summed E-state index contributed by atoms with van der Waals surface area (Å²) in [5.41, 5.74) is 2.35. The van der Waals surface area contributed by atoms with Crippen LogP contribution in [0.2, 0.25) is 0 Å². The van der Waals surface area contributed by atoms with Gasteiger partial charge in [0.2, 0.25) is 0 Å². The molecule has 0 fully saturated rings. The van der Waals surface area contributed by atoms with Crippen LogP contribution in [-0.4, -0.2) is 161 Å². The molecule has 0 unspecified atom stereocenters. The Kier molecular flexibility index (Phi) is 23.0. The van der Waals surface area contributed by atoms with E-state index in [1.165, 1.54) is 5.56 Å². The number of aryl methyl sites for hydroxylation is 1. The number of rotatable bonds is 30. The first-order valence-electron chi connectivity index (χ1n) is 16.6. The molecular weight excluding hydrogens is 550 g/mol. The summed E-state index contributed by atoms with van der Waals surface area (Å²) >= 11 is 0. The van der Waals surface area contributed by atoms with Gasteiger partial charge in [0.15, 0.2) is 0 Å². The lowest BCUT2D eigenvalue weighted by molar-refractivity contribution is -0.929. The van der Waals surface area contributed by atoms with Gasteiger partial charge in [0, 0.05) is 18.8 Å². The summed E-state index contributed by atoms with van der Waals surface area (Å²) in [6.45, 7) is 17.7. The molecular formula is C33H65N3O7+2. The Morgan fingerprint density at radius 2 is 1.02 bits per heavy atom. The van der Waals surface area contributed by atoms with E-state index in [2.05, 4.69) is 49.9 Å². The normalized spacial score (nSPS) is 12.3. The van der Waals surface area contributed by atoms with E-state index in [0.29, 0.717) is 74.8 Å². The highest BCUT2D eigenvalue weighted by atomic mass is 16.5. The van der Waals surface area contributed by atoms with Crippen molar-refractivity contribution in [1.29, 1.82) is 0 Å². The third-order valence-electron chi connectivity index (χ3n) is 8.44. The Bertz CT molecular complexity index is 775. The maximum atomic E-state index is 9.63. The Labute approximate surface area is 262 Å². The minimum Gasteiger partial charge on any atom is -0.391 e. The number of ether oxygens (including phenoxy) is 3. The number of anilines is 1. The summed E-state index contributed by atoms with van der Waals surface area (Å²) in [5, 5.41) is 38.4. The zero-order chi connectivity index (χ0) is 31.7. The zero-order valence-corrected chi connectivity index (χ0v) is 27.6. The molecule has 0 aliphatic carbocycles. The van der Waals surface area contributed by atoms with Gasteiger partial charge in [-0.2, -0.15) is 0 Å². The Hall–Kier alpha value is -1.34. The number of unbranched alkanes of at least 4 members (excludes halogenated alkanes) is 2. The first kappa shape index (κ1) is 39.7. The van der Waals surface area contributed by atoms with Crippen LogP contribution in [0, 0.1) is 6.92 Å². The third kappa shape index (κ3) is 17.1. The average molecular weight is 616 g/mol. The summed E-state index contributed by atoms with van der Waals surface area (Å²) in [6.07, 6.45) is 4.31. The van der Waals surface area contributed by atoms with Crippen molar-refractivity contribution in [3.8, 4) is 0 Å². The highest BCUT2D eigenvalue weighted by molar-refractivity contribution is 5.48. The number of benzene rings is 1. The number of quaternary nitrogens is 2. The zero-order valence-electron chi connectivity index (χ0n) is 27.6. The van der Waals surface area contributed by atoms with Crippen LogP contribution in [0.5, 0.6) is 0 Å². The number of hydrogen-bond donors (Lipinski definition) is 4. The van der Waals surface area contributed by atoms with Gasteiger partial charge in [0.05, 0.1) is 79.2 Å². The Balaban J connectivity index is 2.51. The molecule has 252 valence electrons. The molecule has 1 aromatic rings. The highest BCUT2D eigenvalue weighted by Crippen LogP contribution is 2.16. The first-order valence-corrected chi connectivity index (χ1v) is 16.6. The number of aliphatic hydroxyl groups excluding tert-OH is 4. The first-order chi connectivity index (χ1) is 20.9. The molecule has 0 saturated carbocycles.